The summed E-state index contributed by atoms with van der Waals surface area (Å²) < 4.78 is 0. The first kappa shape index (κ1) is 15.0. The summed E-state index contributed by atoms with van der Waals surface area (Å²) in [6, 6.07) is 1.16. The van der Waals surface area contributed by atoms with Gasteiger partial charge in [0.15, 0.2) is 0 Å². The Balaban J connectivity index is 2.02. The van der Waals surface area contributed by atoms with Crippen LogP contribution in [-0.4, -0.2) is 23.0 Å². The number of aryl methyl sites for hydroxylation is 2. The Morgan fingerprint density at radius 3 is 2.80 bits per heavy atom. The van der Waals surface area contributed by atoms with E-state index in [0.29, 0.717) is 11.3 Å². The highest BCUT2D eigenvalue weighted by Gasteiger charge is 2.22. The summed E-state index contributed by atoms with van der Waals surface area (Å²) in [5.74, 6) is -1.19. The minimum Gasteiger partial charge on any atom is -0.480 e. The average molecular weight is 295 g/mol. The number of unbranched alkanes of at least 4 members (excludes halogenated alkanes) is 1. The molecule has 20 heavy (non-hydrogen) atoms. The van der Waals surface area contributed by atoms with Crippen molar-refractivity contribution in [3.63, 3.8) is 0 Å². The highest BCUT2D eigenvalue weighted by molar-refractivity contribution is 7.14. The van der Waals surface area contributed by atoms with Crippen LogP contribution in [0.5, 0.6) is 0 Å². The predicted octanol–water partition coefficient (Wildman–Crippen LogP) is 3.00. The summed E-state index contributed by atoms with van der Waals surface area (Å²) in [5, 5.41) is 11.8. The summed E-state index contributed by atoms with van der Waals surface area (Å²) >= 11 is 1.52. The monoisotopic (exact) mass is 295 g/mol. The van der Waals surface area contributed by atoms with E-state index >= 15 is 0 Å². The summed E-state index contributed by atoms with van der Waals surface area (Å²) in [7, 11) is 0. The van der Waals surface area contributed by atoms with Gasteiger partial charge in [-0.2, -0.15) is 0 Å². The first-order valence-electron chi connectivity index (χ1n) is 7.27. The molecule has 0 bridgehead atoms. The van der Waals surface area contributed by atoms with Crippen LogP contribution in [0.1, 0.15) is 59.1 Å². The normalized spacial score (nSPS) is 15.4. The molecule has 1 aromatic rings. The van der Waals surface area contributed by atoms with Gasteiger partial charge in [-0.25, -0.2) is 4.79 Å². The Hall–Kier alpha value is -1.36. The van der Waals surface area contributed by atoms with Crippen molar-refractivity contribution >= 4 is 23.2 Å². The average Bonchev–Trinajstić information content (AvgIpc) is 2.86. The van der Waals surface area contributed by atoms with Crippen LogP contribution < -0.4 is 5.32 Å². The molecule has 1 aromatic heterocycles. The number of thiophene rings is 1. The van der Waals surface area contributed by atoms with Gasteiger partial charge >= 0.3 is 5.97 Å². The Bertz CT molecular complexity index is 472. The summed E-state index contributed by atoms with van der Waals surface area (Å²) in [6.45, 7) is 2.01. The van der Waals surface area contributed by atoms with Crippen molar-refractivity contribution in [1.29, 1.82) is 0 Å². The van der Waals surface area contributed by atoms with Crippen molar-refractivity contribution in [1.82, 2.24) is 5.32 Å². The van der Waals surface area contributed by atoms with Gasteiger partial charge in [0, 0.05) is 4.88 Å². The van der Waals surface area contributed by atoms with Crippen molar-refractivity contribution in [3.05, 3.63) is 21.4 Å². The first-order valence-corrected chi connectivity index (χ1v) is 8.08. The maximum atomic E-state index is 12.2. The Morgan fingerprint density at radius 2 is 2.15 bits per heavy atom. The van der Waals surface area contributed by atoms with E-state index < -0.39 is 12.0 Å². The number of carbonyl (C=O) groups excluding carboxylic acids is 1. The molecule has 4 nitrogen and oxygen atoms in total. The Morgan fingerprint density at radius 1 is 1.40 bits per heavy atom. The molecule has 0 aliphatic heterocycles. The van der Waals surface area contributed by atoms with Crippen LogP contribution in [-0.2, 0) is 17.6 Å². The van der Waals surface area contributed by atoms with Gasteiger partial charge in [-0.15, -0.1) is 11.3 Å². The van der Waals surface area contributed by atoms with Crippen LogP contribution in [0.25, 0.3) is 0 Å². The standard InChI is InChI=1S/C15H21NO3S/c1-2-3-7-11(15(18)19)16-14(17)13-9-10-6-4-5-8-12(10)20-13/h9,11H,2-8H2,1H3,(H,16,17)(H,18,19). The van der Waals surface area contributed by atoms with E-state index in [1.54, 1.807) is 0 Å². The number of aliphatic carboxylic acids is 1. The quantitative estimate of drug-likeness (QED) is 0.848. The molecule has 5 heteroatoms. The van der Waals surface area contributed by atoms with Crippen molar-refractivity contribution in [2.45, 2.75) is 57.9 Å². The fraction of sp³-hybridized carbons (Fsp3) is 0.600. The van der Waals surface area contributed by atoms with E-state index in [2.05, 4.69) is 5.32 Å². The lowest BCUT2D eigenvalue weighted by Gasteiger charge is -2.13. The molecule has 0 saturated heterocycles. The smallest absolute Gasteiger partial charge is 0.326 e. The molecule has 1 atom stereocenters. The second-order valence-corrected chi connectivity index (χ2v) is 6.41. The molecule has 1 aliphatic rings. The lowest BCUT2D eigenvalue weighted by Crippen LogP contribution is -2.40. The van der Waals surface area contributed by atoms with Crippen LogP contribution in [0, 0.1) is 0 Å². The topological polar surface area (TPSA) is 66.4 Å². The van der Waals surface area contributed by atoms with Gasteiger partial charge in [-0.1, -0.05) is 19.8 Å². The fourth-order valence-corrected chi connectivity index (χ4v) is 3.65. The first-order chi connectivity index (χ1) is 9.61. The van der Waals surface area contributed by atoms with E-state index in [9.17, 15) is 9.59 Å². The van der Waals surface area contributed by atoms with E-state index in [0.717, 1.165) is 25.7 Å². The Labute approximate surface area is 123 Å². The van der Waals surface area contributed by atoms with Crippen LogP contribution in [0.15, 0.2) is 6.07 Å². The van der Waals surface area contributed by atoms with E-state index in [1.165, 1.54) is 34.6 Å². The predicted molar refractivity (Wildman–Crippen MR) is 79.4 cm³/mol. The third kappa shape index (κ3) is 3.60. The van der Waals surface area contributed by atoms with Gasteiger partial charge in [0.25, 0.3) is 5.91 Å². The molecule has 2 N–H and O–H groups in total. The molecule has 110 valence electrons. The minimum atomic E-state index is -0.951. The second kappa shape index (κ2) is 6.88. The molecule has 0 radical (unpaired) electrons. The molecule has 1 aliphatic carbocycles. The SMILES string of the molecule is CCCCC(NC(=O)c1cc2c(s1)CCCC2)C(=O)O. The molecule has 0 spiro atoms. The van der Waals surface area contributed by atoms with Crippen LogP contribution >= 0.6 is 11.3 Å². The minimum absolute atomic E-state index is 0.243. The van der Waals surface area contributed by atoms with Crippen molar-refractivity contribution < 1.29 is 14.7 Å². The van der Waals surface area contributed by atoms with E-state index in [1.807, 2.05) is 13.0 Å². The molecule has 1 heterocycles. The number of amides is 1. The third-order valence-corrected chi connectivity index (χ3v) is 4.91. The van der Waals surface area contributed by atoms with E-state index in [-0.39, 0.29) is 5.91 Å². The van der Waals surface area contributed by atoms with Gasteiger partial charge in [-0.05, 0) is 43.7 Å². The number of carbonyl (C=O) groups is 2. The number of carboxylic acid groups (broad SMARTS) is 1. The van der Waals surface area contributed by atoms with Gasteiger partial charge in [0.05, 0.1) is 4.88 Å². The third-order valence-electron chi connectivity index (χ3n) is 3.67. The van der Waals surface area contributed by atoms with Crippen LogP contribution in [0.2, 0.25) is 0 Å². The van der Waals surface area contributed by atoms with Crippen molar-refractivity contribution in [2.75, 3.05) is 0 Å². The zero-order valence-corrected chi connectivity index (χ0v) is 12.6. The molecule has 0 fully saturated rings. The summed E-state index contributed by atoms with van der Waals surface area (Å²) in [6.07, 6.45) is 6.67. The number of hydrogen-bond donors (Lipinski definition) is 2. The van der Waals surface area contributed by atoms with Gasteiger partial charge in [-0.3, -0.25) is 4.79 Å². The maximum Gasteiger partial charge on any atom is 0.326 e. The van der Waals surface area contributed by atoms with Crippen LogP contribution in [0.4, 0.5) is 0 Å². The highest BCUT2D eigenvalue weighted by atomic mass is 32.1. The van der Waals surface area contributed by atoms with Gasteiger partial charge in [0.1, 0.15) is 6.04 Å². The summed E-state index contributed by atoms with van der Waals surface area (Å²) in [5.41, 5.74) is 1.27. The Kier molecular flexibility index (Phi) is 5.17. The van der Waals surface area contributed by atoms with Gasteiger partial charge in [0.2, 0.25) is 0 Å². The lowest BCUT2D eigenvalue weighted by molar-refractivity contribution is -0.139. The van der Waals surface area contributed by atoms with Gasteiger partial charge < -0.3 is 10.4 Å². The number of fused-ring (bicyclic) bond motifs is 1. The number of nitrogens with one attached hydrogen (secondary N) is 1. The molecule has 0 saturated carbocycles. The van der Waals surface area contributed by atoms with Crippen LogP contribution in [0.3, 0.4) is 0 Å². The number of hydrogen-bond acceptors (Lipinski definition) is 3. The molecular formula is C15H21NO3S. The number of carboxylic acids is 1. The molecule has 1 unspecified atom stereocenters. The summed E-state index contributed by atoms with van der Waals surface area (Å²) in [4.78, 5) is 25.3. The fourth-order valence-electron chi connectivity index (χ4n) is 2.50. The maximum absolute atomic E-state index is 12.2. The molecular weight excluding hydrogens is 274 g/mol. The van der Waals surface area contributed by atoms with Crippen molar-refractivity contribution in [3.8, 4) is 0 Å². The zero-order chi connectivity index (χ0) is 14.5. The second-order valence-electron chi connectivity index (χ2n) is 5.27. The molecule has 0 aromatic carbocycles. The largest absolute Gasteiger partial charge is 0.480 e. The zero-order valence-electron chi connectivity index (χ0n) is 11.8. The van der Waals surface area contributed by atoms with E-state index in [4.69, 9.17) is 5.11 Å². The van der Waals surface area contributed by atoms with Crippen molar-refractivity contribution in [2.24, 2.45) is 0 Å². The lowest BCUT2D eigenvalue weighted by atomic mass is 9.99. The molecule has 2 rings (SSSR count). The highest BCUT2D eigenvalue weighted by Crippen LogP contribution is 2.29. The number of rotatable bonds is 6. The molecule has 1 amide bonds.